The van der Waals surface area contributed by atoms with Gasteiger partial charge in [0.1, 0.15) is 5.75 Å². The Labute approximate surface area is 88.6 Å². The first-order valence-corrected chi connectivity index (χ1v) is 6.55. The lowest BCUT2D eigenvalue weighted by Gasteiger charge is -2.13. The number of phenols is 1. The Kier molecular flexibility index (Phi) is 2.44. The van der Waals surface area contributed by atoms with E-state index >= 15 is 0 Å². The number of sulfone groups is 1. The minimum atomic E-state index is -3.01. The summed E-state index contributed by atoms with van der Waals surface area (Å²) in [4.78, 5) is 0. The fraction of sp³-hybridized carbons (Fsp3) is 0.400. The van der Waals surface area contributed by atoms with Crippen LogP contribution in [0, 0.1) is 0 Å². The van der Waals surface area contributed by atoms with Crippen molar-refractivity contribution in [2.45, 2.75) is 12.0 Å². The number of aromatic hydroxyl groups is 1. The maximum Gasteiger partial charge on any atom is 0.152 e. The molecule has 3 N–H and O–H groups in total. The summed E-state index contributed by atoms with van der Waals surface area (Å²) in [7, 11) is -3.01. The molecule has 4 nitrogen and oxygen atoms in total. The van der Waals surface area contributed by atoms with E-state index in [1.807, 2.05) is 0 Å². The van der Waals surface area contributed by atoms with Gasteiger partial charge in [0, 0.05) is 12.0 Å². The van der Waals surface area contributed by atoms with Gasteiger partial charge in [-0.1, -0.05) is 12.1 Å². The van der Waals surface area contributed by atoms with E-state index in [-0.39, 0.29) is 29.2 Å². The van der Waals surface area contributed by atoms with Crippen LogP contribution in [-0.2, 0) is 9.84 Å². The van der Waals surface area contributed by atoms with Gasteiger partial charge in [0.15, 0.2) is 9.84 Å². The van der Waals surface area contributed by atoms with Crippen molar-refractivity contribution in [1.82, 2.24) is 0 Å². The van der Waals surface area contributed by atoms with Gasteiger partial charge in [0.2, 0.25) is 0 Å². The summed E-state index contributed by atoms with van der Waals surface area (Å²) in [6.45, 7) is 0. The lowest BCUT2D eigenvalue weighted by Crippen LogP contribution is -2.27. The van der Waals surface area contributed by atoms with Crippen LogP contribution in [0.2, 0.25) is 0 Å². The number of hydrogen-bond donors (Lipinski definition) is 2. The Morgan fingerprint density at radius 3 is 2.60 bits per heavy atom. The predicted octanol–water partition coefficient (Wildman–Crippen LogP) is 0.231. The number of benzene rings is 1. The molecule has 0 amide bonds. The van der Waals surface area contributed by atoms with Crippen LogP contribution in [0.15, 0.2) is 24.3 Å². The highest BCUT2D eigenvalue weighted by Gasteiger charge is 2.36. The molecule has 5 heteroatoms. The molecule has 0 saturated carbocycles. The van der Waals surface area contributed by atoms with Gasteiger partial charge in [-0.25, -0.2) is 8.42 Å². The second-order valence-electron chi connectivity index (χ2n) is 3.94. The molecule has 2 atom stereocenters. The molecule has 2 unspecified atom stereocenters. The quantitative estimate of drug-likeness (QED) is 0.719. The largest absolute Gasteiger partial charge is 0.508 e. The topological polar surface area (TPSA) is 80.4 Å². The predicted molar refractivity (Wildman–Crippen MR) is 57.5 cm³/mol. The first-order chi connectivity index (χ1) is 6.98. The van der Waals surface area contributed by atoms with Crippen LogP contribution >= 0.6 is 0 Å². The molecule has 1 aromatic carbocycles. The highest BCUT2D eigenvalue weighted by atomic mass is 32.2. The molecule has 0 aromatic heterocycles. The van der Waals surface area contributed by atoms with Gasteiger partial charge in [-0.2, -0.15) is 0 Å². The summed E-state index contributed by atoms with van der Waals surface area (Å²) in [6.07, 6.45) is 0. The third-order valence-corrected chi connectivity index (χ3v) is 4.45. The minimum absolute atomic E-state index is 0.0350. The molecular formula is C10H13NO3S. The van der Waals surface area contributed by atoms with Crippen molar-refractivity contribution >= 4 is 9.84 Å². The molecule has 1 aromatic rings. The fourth-order valence-corrected chi connectivity index (χ4v) is 3.92. The molecule has 1 fully saturated rings. The minimum Gasteiger partial charge on any atom is -0.508 e. The van der Waals surface area contributed by atoms with Crippen LogP contribution in [0.1, 0.15) is 11.5 Å². The molecule has 1 saturated heterocycles. The van der Waals surface area contributed by atoms with Gasteiger partial charge in [0.25, 0.3) is 0 Å². The van der Waals surface area contributed by atoms with E-state index in [9.17, 15) is 13.5 Å². The van der Waals surface area contributed by atoms with Crippen molar-refractivity contribution in [2.24, 2.45) is 5.73 Å². The average molecular weight is 227 g/mol. The molecule has 1 aliphatic rings. The van der Waals surface area contributed by atoms with Gasteiger partial charge in [-0.3, -0.25) is 0 Å². The van der Waals surface area contributed by atoms with Crippen LogP contribution in [0.5, 0.6) is 5.75 Å². The zero-order valence-corrected chi connectivity index (χ0v) is 8.94. The zero-order valence-electron chi connectivity index (χ0n) is 8.13. The SMILES string of the molecule is NC1CS(=O)(=O)CC1c1cccc(O)c1. The molecule has 0 bridgehead atoms. The van der Waals surface area contributed by atoms with Crippen molar-refractivity contribution in [1.29, 1.82) is 0 Å². The van der Waals surface area contributed by atoms with Crippen molar-refractivity contribution < 1.29 is 13.5 Å². The Morgan fingerprint density at radius 2 is 2.07 bits per heavy atom. The van der Waals surface area contributed by atoms with Gasteiger partial charge in [0.05, 0.1) is 11.5 Å². The molecular weight excluding hydrogens is 214 g/mol. The second-order valence-corrected chi connectivity index (χ2v) is 6.10. The van der Waals surface area contributed by atoms with Crippen LogP contribution < -0.4 is 5.73 Å². The average Bonchev–Trinajstić information content (AvgIpc) is 2.40. The standard InChI is InChI=1S/C10H13NO3S/c11-10-6-15(13,14)5-9(10)7-2-1-3-8(12)4-7/h1-4,9-10,12H,5-6,11H2. The first-order valence-electron chi connectivity index (χ1n) is 4.73. The smallest absolute Gasteiger partial charge is 0.152 e. The van der Waals surface area contributed by atoms with E-state index in [1.54, 1.807) is 24.3 Å². The normalized spacial score (nSPS) is 29.1. The Balaban J connectivity index is 2.33. The molecule has 0 spiro atoms. The molecule has 82 valence electrons. The van der Waals surface area contributed by atoms with E-state index in [0.717, 1.165) is 5.56 Å². The van der Waals surface area contributed by atoms with Crippen molar-refractivity contribution in [2.75, 3.05) is 11.5 Å². The van der Waals surface area contributed by atoms with Crippen molar-refractivity contribution in [3.63, 3.8) is 0 Å². The first kappa shape index (κ1) is 10.4. The number of hydrogen-bond acceptors (Lipinski definition) is 4. The van der Waals surface area contributed by atoms with E-state index in [4.69, 9.17) is 5.73 Å². The molecule has 0 radical (unpaired) electrons. The van der Waals surface area contributed by atoms with Gasteiger partial charge in [-0.15, -0.1) is 0 Å². The summed E-state index contributed by atoms with van der Waals surface area (Å²) in [5.74, 6) is 0.0661. The van der Waals surface area contributed by atoms with Gasteiger partial charge in [-0.05, 0) is 17.7 Å². The summed E-state index contributed by atoms with van der Waals surface area (Å²) in [6, 6.07) is 6.26. The Morgan fingerprint density at radius 1 is 1.33 bits per heavy atom. The Hall–Kier alpha value is -1.07. The highest BCUT2D eigenvalue weighted by Crippen LogP contribution is 2.29. The number of phenolic OH excluding ortho intramolecular Hbond substituents is 1. The molecule has 0 aliphatic carbocycles. The van der Waals surface area contributed by atoms with E-state index < -0.39 is 9.84 Å². The monoisotopic (exact) mass is 227 g/mol. The summed E-state index contributed by atoms with van der Waals surface area (Å²) >= 11 is 0. The molecule has 15 heavy (non-hydrogen) atoms. The maximum atomic E-state index is 11.4. The van der Waals surface area contributed by atoms with Crippen LogP contribution in [0.25, 0.3) is 0 Å². The summed E-state index contributed by atoms with van der Waals surface area (Å²) in [5, 5.41) is 9.30. The van der Waals surface area contributed by atoms with Crippen LogP contribution in [0.3, 0.4) is 0 Å². The molecule has 1 heterocycles. The van der Waals surface area contributed by atoms with E-state index in [2.05, 4.69) is 0 Å². The summed E-state index contributed by atoms with van der Waals surface area (Å²) < 4.78 is 22.7. The van der Waals surface area contributed by atoms with E-state index in [1.165, 1.54) is 0 Å². The highest BCUT2D eigenvalue weighted by molar-refractivity contribution is 7.91. The third kappa shape index (κ3) is 2.13. The number of rotatable bonds is 1. The lowest BCUT2D eigenvalue weighted by atomic mass is 9.95. The van der Waals surface area contributed by atoms with Crippen LogP contribution in [-0.4, -0.2) is 31.1 Å². The second kappa shape index (κ2) is 3.50. The zero-order chi connectivity index (χ0) is 11.1. The fourth-order valence-electron chi connectivity index (χ4n) is 1.97. The summed E-state index contributed by atoms with van der Waals surface area (Å²) in [5.41, 5.74) is 6.57. The molecule has 1 aliphatic heterocycles. The third-order valence-electron chi connectivity index (χ3n) is 2.70. The lowest BCUT2D eigenvalue weighted by molar-refractivity contribution is 0.473. The van der Waals surface area contributed by atoms with Crippen LogP contribution in [0.4, 0.5) is 0 Å². The van der Waals surface area contributed by atoms with E-state index in [0.29, 0.717) is 0 Å². The van der Waals surface area contributed by atoms with Crippen molar-refractivity contribution in [3.8, 4) is 5.75 Å². The Bertz CT molecular complexity index is 469. The molecule has 2 rings (SSSR count). The van der Waals surface area contributed by atoms with Crippen molar-refractivity contribution in [3.05, 3.63) is 29.8 Å². The number of nitrogens with two attached hydrogens (primary N) is 1. The van der Waals surface area contributed by atoms with Gasteiger partial charge < -0.3 is 10.8 Å². The van der Waals surface area contributed by atoms with Gasteiger partial charge >= 0.3 is 0 Å². The maximum absolute atomic E-state index is 11.4.